The third-order valence-corrected chi connectivity index (χ3v) is 4.03. The minimum atomic E-state index is -0.367. The van der Waals surface area contributed by atoms with Crippen LogP contribution >= 0.6 is 0 Å². The number of carbonyl (C=O) groups is 2. The molecule has 0 aliphatic carbocycles. The van der Waals surface area contributed by atoms with E-state index in [0.29, 0.717) is 25.6 Å². The van der Waals surface area contributed by atoms with Crippen LogP contribution in [0.5, 0.6) is 0 Å². The first-order valence-corrected chi connectivity index (χ1v) is 9.56. The van der Waals surface area contributed by atoms with Gasteiger partial charge in [-0.15, -0.1) is 0 Å². The van der Waals surface area contributed by atoms with Crippen LogP contribution < -0.4 is 16.4 Å². The number of amides is 1. The molecule has 1 fully saturated rings. The molecule has 4 atom stereocenters. The molecule has 0 spiro atoms. The van der Waals surface area contributed by atoms with Gasteiger partial charge in [0.15, 0.2) is 0 Å². The summed E-state index contributed by atoms with van der Waals surface area (Å²) >= 11 is 0. The molecule has 154 valence electrons. The number of rotatable bonds is 13. The van der Waals surface area contributed by atoms with Gasteiger partial charge in [-0.3, -0.25) is 9.69 Å². The summed E-state index contributed by atoms with van der Waals surface area (Å²) in [5.41, 5.74) is 5.33. The van der Waals surface area contributed by atoms with Crippen molar-refractivity contribution in [2.75, 3.05) is 39.8 Å². The van der Waals surface area contributed by atoms with Gasteiger partial charge in [-0.25, -0.2) is 4.79 Å². The number of alkyl carbamates (subject to hydrolysis) is 1. The van der Waals surface area contributed by atoms with Crippen molar-refractivity contribution in [2.45, 2.75) is 64.7 Å². The van der Waals surface area contributed by atoms with E-state index in [-0.39, 0.29) is 18.3 Å². The van der Waals surface area contributed by atoms with E-state index in [0.717, 1.165) is 32.5 Å². The number of carbonyl (C=O) groups excluding carboxylic acids is 2. The maximum Gasteiger partial charge on any atom is 0.407 e. The lowest BCUT2D eigenvalue weighted by Gasteiger charge is -2.11. The van der Waals surface area contributed by atoms with Crippen molar-refractivity contribution < 1.29 is 19.1 Å². The van der Waals surface area contributed by atoms with Crippen molar-refractivity contribution in [1.82, 2.24) is 15.5 Å². The van der Waals surface area contributed by atoms with Gasteiger partial charge in [-0.1, -0.05) is 12.8 Å². The van der Waals surface area contributed by atoms with Crippen LogP contribution in [0.2, 0.25) is 0 Å². The molecule has 1 rings (SSSR count). The lowest BCUT2D eigenvalue weighted by molar-refractivity contribution is -0.133. The van der Waals surface area contributed by atoms with Gasteiger partial charge in [0.05, 0.1) is 0 Å². The van der Waals surface area contributed by atoms with Crippen molar-refractivity contribution in [3.05, 3.63) is 0 Å². The first-order chi connectivity index (χ1) is 12.4. The van der Waals surface area contributed by atoms with Gasteiger partial charge >= 0.3 is 6.09 Å². The molecule has 4 N–H and O–H groups in total. The van der Waals surface area contributed by atoms with Crippen molar-refractivity contribution >= 4 is 12.6 Å². The second-order valence-corrected chi connectivity index (χ2v) is 6.74. The Morgan fingerprint density at radius 1 is 1.23 bits per heavy atom. The fourth-order valence-electron chi connectivity index (χ4n) is 2.26. The third kappa shape index (κ3) is 14.9. The number of nitrogens with zero attached hydrogens (tertiary/aromatic N) is 1. The van der Waals surface area contributed by atoms with E-state index in [1.807, 2.05) is 14.0 Å². The summed E-state index contributed by atoms with van der Waals surface area (Å²) in [7, 11) is 1.95. The lowest BCUT2D eigenvalue weighted by Crippen LogP contribution is -2.31. The topological polar surface area (TPSA) is 106 Å². The molecule has 0 aromatic carbocycles. The van der Waals surface area contributed by atoms with Crippen LogP contribution in [0.1, 0.15) is 46.5 Å². The average Bonchev–Trinajstić information content (AvgIpc) is 3.29. The first-order valence-electron chi connectivity index (χ1n) is 9.56. The van der Waals surface area contributed by atoms with Crippen LogP contribution in [0.3, 0.4) is 0 Å². The van der Waals surface area contributed by atoms with Crippen LogP contribution in [-0.4, -0.2) is 75.5 Å². The summed E-state index contributed by atoms with van der Waals surface area (Å²) in [4.78, 5) is 23.3. The van der Waals surface area contributed by atoms with E-state index in [1.54, 1.807) is 6.92 Å². The van der Waals surface area contributed by atoms with Gasteiger partial charge in [0.1, 0.15) is 12.2 Å². The molecule has 0 radical (unpaired) electrons. The number of hydrogen-bond acceptors (Lipinski definition) is 7. The Kier molecular flexibility index (Phi) is 15.0. The maximum atomic E-state index is 11.1. The number of ether oxygens (including phenoxy) is 2. The molecule has 0 bridgehead atoms. The predicted octanol–water partition coefficient (Wildman–Crippen LogP) is 1.09. The zero-order chi connectivity index (χ0) is 19.8. The molecule has 1 aliphatic heterocycles. The number of unbranched alkanes of at least 4 members (excludes halogenated alkanes) is 3. The van der Waals surface area contributed by atoms with E-state index in [4.69, 9.17) is 15.2 Å². The highest BCUT2D eigenvalue weighted by molar-refractivity contribution is 5.67. The van der Waals surface area contributed by atoms with E-state index in [1.165, 1.54) is 12.8 Å². The third-order valence-electron chi connectivity index (χ3n) is 4.03. The van der Waals surface area contributed by atoms with E-state index >= 15 is 0 Å². The highest BCUT2D eigenvalue weighted by Crippen LogP contribution is 2.16. The molecule has 0 saturated carbocycles. The minimum Gasteiger partial charge on any atom is -0.464 e. The Balaban J connectivity index is 0.000000531. The molecule has 1 heterocycles. The van der Waals surface area contributed by atoms with Crippen LogP contribution in [-0.2, 0) is 14.3 Å². The monoisotopic (exact) mass is 374 g/mol. The van der Waals surface area contributed by atoms with Crippen LogP contribution in [0.4, 0.5) is 4.79 Å². The molecular weight excluding hydrogens is 336 g/mol. The normalized spacial score (nSPS) is 20.2. The Labute approximate surface area is 158 Å². The molecule has 1 aliphatic rings. The predicted molar refractivity (Wildman–Crippen MR) is 103 cm³/mol. The van der Waals surface area contributed by atoms with Crippen molar-refractivity contribution in [3.63, 3.8) is 0 Å². The number of hydrogen-bond donors (Lipinski definition) is 3. The van der Waals surface area contributed by atoms with Gasteiger partial charge in [0.2, 0.25) is 0 Å². The molecule has 1 amide bonds. The standard InChI is InChI=1S/C11H25N3O2.C7H13NO2/c1-10(9-12)16-11(15)14-8-6-4-3-5-7-13-2;1-6-3-8(6)4-7(2)10-5-9/h10,13H,3-9,12H2,1-2H3,(H,14,15);5-7H,3-4H2,1-2H3. The molecule has 8 heteroatoms. The van der Waals surface area contributed by atoms with Gasteiger partial charge in [-0.05, 0) is 47.2 Å². The second kappa shape index (κ2) is 15.8. The lowest BCUT2D eigenvalue weighted by atomic mass is 10.2. The summed E-state index contributed by atoms with van der Waals surface area (Å²) < 4.78 is 9.68. The van der Waals surface area contributed by atoms with E-state index < -0.39 is 0 Å². The van der Waals surface area contributed by atoms with Crippen LogP contribution in [0.15, 0.2) is 0 Å². The zero-order valence-electron chi connectivity index (χ0n) is 16.8. The molecule has 0 aromatic rings. The smallest absolute Gasteiger partial charge is 0.407 e. The van der Waals surface area contributed by atoms with E-state index in [9.17, 15) is 9.59 Å². The van der Waals surface area contributed by atoms with Crippen molar-refractivity contribution in [2.24, 2.45) is 5.73 Å². The van der Waals surface area contributed by atoms with Crippen molar-refractivity contribution in [1.29, 1.82) is 0 Å². The second-order valence-electron chi connectivity index (χ2n) is 6.74. The fourth-order valence-corrected chi connectivity index (χ4v) is 2.26. The number of nitrogens with two attached hydrogens (primary N) is 1. The minimum absolute atomic E-state index is 0.0439. The fraction of sp³-hybridized carbons (Fsp3) is 0.889. The van der Waals surface area contributed by atoms with Gasteiger partial charge in [0.25, 0.3) is 6.47 Å². The summed E-state index contributed by atoms with van der Waals surface area (Å²) in [6, 6.07) is 0.692. The highest BCUT2D eigenvalue weighted by Gasteiger charge is 2.30. The molecule has 26 heavy (non-hydrogen) atoms. The SMILES string of the molecule is CC(CN1CC1C)OC=O.CNCCCCCCNC(=O)OC(C)CN. The molecular formula is C18H38N4O4. The Hall–Kier alpha value is -1.38. The summed E-state index contributed by atoms with van der Waals surface area (Å²) in [6.45, 7) is 10.5. The summed E-state index contributed by atoms with van der Waals surface area (Å²) in [5.74, 6) is 0. The summed E-state index contributed by atoms with van der Waals surface area (Å²) in [5, 5.41) is 5.81. The Bertz CT molecular complexity index is 371. The number of nitrogens with one attached hydrogen (secondary N) is 2. The largest absolute Gasteiger partial charge is 0.464 e. The molecule has 1 saturated heterocycles. The maximum absolute atomic E-state index is 11.1. The van der Waals surface area contributed by atoms with Gasteiger partial charge in [-0.2, -0.15) is 0 Å². The summed E-state index contributed by atoms with van der Waals surface area (Å²) in [6.07, 6.45) is 3.97. The zero-order valence-corrected chi connectivity index (χ0v) is 16.8. The van der Waals surface area contributed by atoms with Crippen LogP contribution in [0, 0.1) is 0 Å². The first kappa shape index (κ1) is 24.6. The quantitative estimate of drug-likeness (QED) is 0.252. The molecule has 8 nitrogen and oxygen atoms in total. The Morgan fingerprint density at radius 2 is 1.85 bits per heavy atom. The molecule has 0 aromatic heterocycles. The average molecular weight is 375 g/mol. The molecule has 4 unspecified atom stereocenters. The van der Waals surface area contributed by atoms with E-state index in [2.05, 4.69) is 22.5 Å². The van der Waals surface area contributed by atoms with Crippen LogP contribution in [0.25, 0.3) is 0 Å². The van der Waals surface area contributed by atoms with Crippen molar-refractivity contribution in [3.8, 4) is 0 Å². The van der Waals surface area contributed by atoms with Gasteiger partial charge < -0.3 is 25.8 Å². The Morgan fingerprint density at radius 3 is 2.35 bits per heavy atom. The highest BCUT2D eigenvalue weighted by atomic mass is 16.6. The van der Waals surface area contributed by atoms with Gasteiger partial charge in [0, 0.05) is 32.2 Å².